The van der Waals surface area contributed by atoms with Crippen molar-refractivity contribution in [3.05, 3.63) is 94.1 Å². The van der Waals surface area contributed by atoms with Crippen molar-refractivity contribution in [2.45, 2.75) is 30.0 Å². The molecule has 1 N–H and O–H groups in total. The highest BCUT2D eigenvalue weighted by Gasteiger charge is 2.47. The van der Waals surface area contributed by atoms with Crippen LogP contribution in [0.25, 0.3) is 0 Å². The lowest BCUT2D eigenvalue weighted by atomic mass is 9.95. The average molecular weight is 598 g/mol. The number of hydrogen-bond donors (Lipinski definition) is 1. The number of halogens is 1. The molecule has 0 radical (unpaired) electrons. The van der Waals surface area contributed by atoms with Gasteiger partial charge < -0.3 is 19.0 Å². The third kappa shape index (κ3) is 5.58. The Morgan fingerprint density at radius 1 is 1.10 bits per heavy atom. The molecule has 12 heteroatoms. The van der Waals surface area contributed by atoms with Crippen LogP contribution in [0.3, 0.4) is 0 Å². The maximum absolute atomic E-state index is 13.5. The van der Waals surface area contributed by atoms with Crippen LogP contribution in [0.5, 0.6) is 11.5 Å². The summed E-state index contributed by atoms with van der Waals surface area (Å²) in [6.45, 7) is 4.51. The van der Waals surface area contributed by atoms with E-state index in [1.165, 1.54) is 40.3 Å². The average Bonchev–Trinajstić information content (AvgIpc) is 3.70. The fourth-order valence-electron chi connectivity index (χ4n) is 4.21. The number of aromatic nitrogens is 2. The number of thioether (sulfide) groups is 1. The van der Waals surface area contributed by atoms with E-state index in [1.807, 2.05) is 38.1 Å². The zero-order chi connectivity index (χ0) is 28.2. The molecule has 0 saturated carbocycles. The van der Waals surface area contributed by atoms with E-state index in [0.717, 1.165) is 5.56 Å². The van der Waals surface area contributed by atoms with E-state index in [2.05, 4.69) is 10.2 Å². The molecule has 40 heavy (non-hydrogen) atoms. The summed E-state index contributed by atoms with van der Waals surface area (Å²) in [5, 5.41) is 20.4. The first kappa shape index (κ1) is 27.8. The van der Waals surface area contributed by atoms with E-state index in [9.17, 15) is 14.7 Å². The number of carbonyl (C=O) groups excluding carboxylic acids is 2. The Labute approximate surface area is 243 Å². The van der Waals surface area contributed by atoms with Crippen LogP contribution < -0.4 is 14.4 Å². The molecule has 1 unspecified atom stereocenters. The van der Waals surface area contributed by atoms with Gasteiger partial charge in [-0.2, -0.15) is 0 Å². The van der Waals surface area contributed by atoms with E-state index in [0.29, 0.717) is 45.4 Å². The third-order valence-electron chi connectivity index (χ3n) is 5.96. The molecule has 1 atom stereocenters. The zero-order valence-electron chi connectivity index (χ0n) is 21.5. The standard InChI is InChI=1S/C28H24ClN3O6S2/c1-3-36-19-12-9-17(14-21(19)37-4-2)23-22(24(33)20-6-5-13-38-20)25(34)26(35)32(23)27-30-31-28(40-27)39-15-16-7-10-18(29)11-8-16/h5-14,23,34H,3-4,15H2,1-2H3. The molecule has 5 rings (SSSR count). The van der Waals surface area contributed by atoms with Gasteiger partial charge in [0.2, 0.25) is 10.9 Å². The maximum Gasteiger partial charge on any atom is 0.296 e. The smallest absolute Gasteiger partial charge is 0.296 e. The van der Waals surface area contributed by atoms with Gasteiger partial charge in [0, 0.05) is 10.8 Å². The molecular weight excluding hydrogens is 574 g/mol. The van der Waals surface area contributed by atoms with Crippen molar-refractivity contribution < 1.29 is 28.6 Å². The number of ketones is 1. The quantitative estimate of drug-likeness (QED) is 0.115. The lowest BCUT2D eigenvalue weighted by Crippen LogP contribution is -2.31. The molecule has 9 nitrogen and oxygen atoms in total. The first-order valence-electron chi connectivity index (χ1n) is 12.4. The second-order valence-corrected chi connectivity index (χ2v) is 11.1. The van der Waals surface area contributed by atoms with Gasteiger partial charge in [-0.05, 0) is 61.4 Å². The largest absolute Gasteiger partial charge is 0.503 e. The molecule has 0 bridgehead atoms. The number of anilines is 1. The maximum atomic E-state index is 13.5. The predicted molar refractivity (Wildman–Crippen MR) is 153 cm³/mol. The number of nitrogens with zero attached hydrogens (tertiary/aromatic N) is 3. The number of ether oxygens (including phenoxy) is 2. The van der Waals surface area contributed by atoms with Crippen molar-refractivity contribution in [1.29, 1.82) is 0 Å². The van der Waals surface area contributed by atoms with Crippen LogP contribution in [0.1, 0.15) is 41.6 Å². The summed E-state index contributed by atoms with van der Waals surface area (Å²) in [5.41, 5.74) is 1.44. The number of rotatable bonds is 11. The molecule has 1 amide bonds. The highest BCUT2D eigenvalue weighted by molar-refractivity contribution is 8.00. The number of hydrogen-bond acceptors (Lipinski definition) is 10. The summed E-state index contributed by atoms with van der Waals surface area (Å²) in [7, 11) is 0. The molecule has 0 saturated heterocycles. The normalized spacial score (nSPS) is 15.1. The summed E-state index contributed by atoms with van der Waals surface area (Å²) in [6.07, 6.45) is 1.35. The zero-order valence-corrected chi connectivity index (χ0v) is 23.9. The topological polar surface area (TPSA) is 115 Å². The Morgan fingerprint density at radius 2 is 1.85 bits per heavy atom. The van der Waals surface area contributed by atoms with Crippen molar-refractivity contribution in [2.75, 3.05) is 18.1 Å². The van der Waals surface area contributed by atoms with Gasteiger partial charge in [0.1, 0.15) is 0 Å². The van der Waals surface area contributed by atoms with Crippen molar-refractivity contribution >= 4 is 51.5 Å². The summed E-state index contributed by atoms with van der Waals surface area (Å²) >= 11 is 8.61. The summed E-state index contributed by atoms with van der Waals surface area (Å²) in [4.78, 5) is 28.3. The monoisotopic (exact) mass is 597 g/mol. The van der Waals surface area contributed by atoms with Crippen LogP contribution in [0.2, 0.25) is 5.02 Å². The Bertz CT molecular complexity index is 1550. The summed E-state index contributed by atoms with van der Waals surface area (Å²) in [6, 6.07) is 14.6. The van der Waals surface area contributed by atoms with E-state index < -0.39 is 23.5 Å². The number of furan rings is 1. The first-order valence-corrected chi connectivity index (χ1v) is 14.5. The number of carbonyl (C=O) groups is 2. The highest BCUT2D eigenvalue weighted by Crippen LogP contribution is 2.45. The van der Waals surface area contributed by atoms with E-state index in [4.69, 9.17) is 25.5 Å². The van der Waals surface area contributed by atoms with E-state index in [1.54, 1.807) is 24.3 Å². The number of amides is 1. The van der Waals surface area contributed by atoms with Crippen LogP contribution in [-0.2, 0) is 10.5 Å². The molecule has 1 aliphatic rings. The molecule has 0 fully saturated rings. The summed E-state index contributed by atoms with van der Waals surface area (Å²) < 4.78 is 17.4. The minimum Gasteiger partial charge on any atom is -0.503 e. The molecular formula is C28H24ClN3O6S2. The van der Waals surface area contributed by atoms with Gasteiger partial charge in [0.25, 0.3) is 5.91 Å². The predicted octanol–water partition coefficient (Wildman–Crippen LogP) is 6.66. The number of aliphatic hydroxyl groups is 1. The highest BCUT2D eigenvalue weighted by atomic mass is 35.5. The molecule has 4 aromatic rings. The van der Waals surface area contributed by atoms with Crippen LogP contribution in [-0.4, -0.2) is 40.2 Å². The first-order chi connectivity index (χ1) is 19.4. The van der Waals surface area contributed by atoms with Gasteiger partial charge in [0.05, 0.1) is 31.1 Å². The van der Waals surface area contributed by atoms with Gasteiger partial charge in [-0.1, -0.05) is 52.9 Å². The molecule has 0 aliphatic carbocycles. The molecule has 0 spiro atoms. The van der Waals surface area contributed by atoms with E-state index >= 15 is 0 Å². The van der Waals surface area contributed by atoms with E-state index in [-0.39, 0.29) is 16.5 Å². The van der Waals surface area contributed by atoms with Crippen LogP contribution in [0, 0.1) is 0 Å². The fourth-order valence-corrected chi connectivity index (χ4v) is 6.16. The Morgan fingerprint density at radius 3 is 2.55 bits per heavy atom. The van der Waals surface area contributed by atoms with Crippen molar-refractivity contribution in [3.8, 4) is 11.5 Å². The van der Waals surface area contributed by atoms with Crippen molar-refractivity contribution in [1.82, 2.24) is 10.2 Å². The van der Waals surface area contributed by atoms with Crippen molar-refractivity contribution in [2.24, 2.45) is 0 Å². The molecule has 2 aromatic carbocycles. The van der Waals surface area contributed by atoms with Crippen LogP contribution >= 0.6 is 34.7 Å². The van der Waals surface area contributed by atoms with Gasteiger partial charge >= 0.3 is 0 Å². The van der Waals surface area contributed by atoms with Crippen LogP contribution in [0.4, 0.5) is 5.13 Å². The molecule has 1 aliphatic heterocycles. The van der Waals surface area contributed by atoms with Crippen molar-refractivity contribution in [3.63, 3.8) is 0 Å². The molecule has 3 heterocycles. The Hall–Kier alpha value is -3.80. The van der Waals surface area contributed by atoms with Gasteiger partial charge in [-0.15, -0.1) is 10.2 Å². The second-order valence-electron chi connectivity index (χ2n) is 8.48. The minimum absolute atomic E-state index is 0.00589. The number of benzene rings is 2. The lowest BCUT2D eigenvalue weighted by Gasteiger charge is -2.24. The minimum atomic E-state index is -1.01. The second kappa shape index (κ2) is 12.2. The fraction of sp³-hybridized carbons (Fsp3) is 0.214. The van der Waals surface area contributed by atoms with Crippen LogP contribution in [0.15, 0.2) is 80.9 Å². The lowest BCUT2D eigenvalue weighted by molar-refractivity contribution is -0.117. The molecule has 2 aromatic heterocycles. The molecule has 206 valence electrons. The summed E-state index contributed by atoms with van der Waals surface area (Å²) in [5.74, 6) is -0.479. The number of Topliss-reactive ketones (excluding diaryl/α,β-unsaturated/α-hetero) is 1. The Balaban J connectivity index is 1.52. The SMILES string of the molecule is CCOc1ccc(C2C(C(=O)c3ccco3)=C(O)C(=O)N2c2nnc(SCc3ccc(Cl)cc3)s2)cc1OCC. The van der Waals surface area contributed by atoms with Gasteiger partial charge in [0.15, 0.2) is 27.4 Å². The van der Waals surface area contributed by atoms with Gasteiger partial charge in [-0.25, -0.2) is 0 Å². The Kier molecular flexibility index (Phi) is 8.43. The van der Waals surface area contributed by atoms with Gasteiger partial charge in [-0.3, -0.25) is 14.5 Å². The number of aliphatic hydroxyl groups excluding tert-OH is 1. The third-order valence-corrected chi connectivity index (χ3v) is 8.34.